The number of aromatic nitrogens is 1. The number of anilines is 1. The summed E-state index contributed by atoms with van der Waals surface area (Å²) in [4.78, 5) is 20.4. The lowest BCUT2D eigenvalue weighted by Gasteiger charge is -2.20. The minimum atomic E-state index is -0.283. The summed E-state index contributed by atoms with van der Waals surface area (Å²) in [7, 11) is 0. The highest BCUT2D eigenvalue weighted by atomic mass is 32.2. The van der Waals surface area contributed by atoms with Gasteiger partial charge < -0.3 is 5.32 Å². The van der Waals surface area contributed by atoms with Gasteiger partial charge >= 0.3 is 0 Å². The molecule has 1 fully saturated rings. The van der Waals surface area contributed by atoms with Crippen LogP contribution in [0, 0.1) is 6.57 Å². The van der Waals surface area contributed by atoms with E-state index in [1.807, 2.05) is 24.3 Å². The molecule has 0 aliphatic heterocycles. The zero-order chi connectivity index (χ0) is 16.8. The van der Waals surface area contributed by atoms with Gasteiger partial charge in [0.05, 0.1) is 6.57 Å². The number of carbonyl (C=O) groups is 1. The van der Waals surface area contributed by atoms with Crippen LogP contribution in [0.4, 0.5) is 11.5 Å². The highest BCUT2D eigenvalue weighted by molar-refractivity contribution is 8.00. The average molecular weight is 337 g/mol. The molecule has 1 aromatic heterocycles. The van der Waals surface area contributed by atoms with Gasteiger partial charge in [0.15, 0.2) is 5.69 Å². The quantitative estimate of drug-likeness (QED) is 0.782. The van der Waals surface area contributed by atoms with E-state index in [-0.39, 0.29) is 11.2 Å². The van der Waals surface area contributed by atoms with Gasteiger partial charge in [0.1, 0.15) is 11.1 Å². The van der Waals surface area contributed by atoms with Crippen molar-refractivity contribution in [1.82, 2.24) is 4.98 Å². The maximum absolute atomic E-state index is 12.8. The predicted molar refractivity (Wildman–Crippen MR) is 98.2 cm³/mol. The molecule has 1 N–H and O–H groups in total. The Hall–Kier alpha value is -2.32. The van der Waals surface area contributed by atoms with Crippen LogP contribution in [0.3, 0.4) is 0 Å². The molecule has 1 heterocycles. The number of pyridine rings is 1. The normalized spacial score (nSPS) is 15.6. The average Bonchev–Trinajstić information content (AvgIpc) is 3.14. The molecular formula is C19H19N3OS. The minimum absolute atomic E-state index is 0.0545. The van der Waals surface area contributed by atoms with Crippen molar-refractivity contribution in [3.63, 3.8) is 0 Å². The Kier molecular flexibility index (Phi) is 5.50. The summed E-state index contributed by atoms with van der Waals surface area (Å²) in [6, 6.07) is 12.8. The molecule has 1 aromatic carbocycles. The molecule has 5 heteroatoms. The van der Waals surface area contributed by atoms with E-state index < -0.39 is 0 Å². The Morgan fingerprint density at radius 1 is 1.21 bits per heavy atom. The third-order valence-corrected chi connectivity index (χ3v) is 5.72. The zero-order valence-corrected chi connectivity index (χ0v) is 14.1. The Morgan fingerprint density at radius 3 is 2.58 bits per heavy atom. The highest BCUT2D eigenvalue weighted by Crippen LogP contribution is 2.40. The van der Waals surface area contributed by atoms with Crippen molar-refractivity contribution in [2.45, 2.75) is 36.2 Å². The van der Waals surface area contributed by atoms with Gasteiger partial charge in [0, 0.05) is 11.4 Å². The number of amides is 1. The standard InChI is InChI=1S/C19H19N3OS/c1-20-15-11-9-14(10-12-15)18(24-16-6-2-3-7-16)19(23)22-17-8-4-5-13-21-17/h4-5,8-13,16,18H,2-3,6-7H2,(H,21,22,23). The van der Waals surface area contributed by atoms with Crippen LogP contribution < -0.4 is 5.32 Å². The first-order valence-electron chi connectivity index (χ1n) is 8.11. The first kappa shape index (κ1) is 16.5. The van der Waals surface area contributed by atoms with E-state index in [9.17, 15) is 4.79 Å². The summed E-state index contributed by atoms with van der Waals surface area (Å²) in [5.74, 6) is 0.512. The molecule has 1 aliphatic carbocycles. The van der Waals surface area contributed by atoms with Gasteiger partial charge in [-0.15, -0.1) is 11.8 Å². The molecule has 0 radical (unpaired) electrons. The van der Waals surface area contributed by atoms with E-state index in [1.54, 1.807) is 36.2 Å². The smallest absolute Gasteiger partial charge is 0.243 e. The number of benzene rings is 1. The van der Waals surface area contributed by atoms with E-state index in [4.69, 9.17) is 6.57 Å². The largest absolute Gasteiger partial charge is 0.309 e. The first-order chi connectivity index (χ1) is 11.8. The summed E-state index contributed by atoms with van der Waals surface area (Å²) in [6.07, 6.45) is 6.47. The number of thioether (sulfide) groups is 1. The van der Waals surface area contributed by atoms with E-state index in [2.05, 4.69) is 15.1 Å². The van der Waals surface area contributed by atoms with Crippen LogP contribution in [0.1, 0.15) is 36.5 Å². The zero-order valence-electron chi connectivity index (χ0n) is 13.3. The van der Waals surface area contributed by atoms with Gasteiger partial charge in [-0.3, -0.25) is 4.79 Å². The second kappa shape index (κ2) is 7.98. The fourth-order valence-corrected chi connectivity index (χ4v) is 4.35. The second-order valence-corrected chi connectivity index (χ2v) is 7.24. The predicted octanol–water partition coefficient (Wildman–Crippen LogP) is 4.99. The van der Waals surface area contributed by atoms with Gasteiger partial charge in [-0.2, -0.15) is 0 Å². The van der Waals surface area contributed by atoms with Gasteiger partial charge in [-0.1, -0.05) is 43.2 Å². The van der Waals surface area contributed by atoms with Crippen LogP contribution in [-0.4, -0.2) is 16.1 Å². The fourth-order valence-electron chi connectivity index (χ4n) is 2.86. The molecule has 1 atom stereocenters. The molecule has 0 bridgehead atoms. The van der Waals surface area contributed by atoms with E-state index >= 15 is 0 Å². The number of nitrogens with zero attached hydrogens (tertiary/aromatic N) is 2. The van der Waals surface area contributed by atoms with Crippen molar-refractivity contribution in [3.8, 4) is 0 Å². The lowest BCUT2D eigenvalue weighted by Crippen LogP contribution is -2.21. The molecule has 122 valence electrons. The number of nitrogens with one attached hydrogen (secondary N) is 1. The molecule has 24 heavy (non-hydrogen) atoms. The van der Waals surface area contributed by atoms with Crippen molar-refractivity contribution in [3.05, 3.63) is 65.6 Å². The number of hydrogen-bond donors (Lipinski definition) is 1. The van der Waals surface area contributed by atoms with E-state index in [0.717, 1.165) is 18.4 Å². The van der Waals surface area contributed by atoms with Crippen molar-refractivity contribution in [2.75, 3.05) is 5.32 Å². The Balaban J connectivity index is 1.80. The lowest BCUT2D eigenvalue weighted by molar-refractivity contribution is -0.115. The van der Waals surface area contributed by atoms with Crippen LogP contribution in [0.2, 0.25) is 0 Å². The van der Waals surface area contributed by atoms with Gasteiger partial charge in [0.2, 0.25) is 5.91 Å². The molecule has 2 aromatic rings. The minimum Gasteiger partial charge on any atom is -0.309 e. The summed E-state index contributed by atoms with van der Waals surface area (Å²) in [6.45, 7) is 7.07. The molecule has 1 unspecified atom stereocenters. The molecule has 3 rings (SSSR count). The molecule has 1 amide bonds. The monoisotopic (exact) mass is 337 g/mol. The summed E-state index contributed by atoms with van der Waals surface area (Å²) < 4.78 is 0. The molecule has 1 saturated carbocycles. The molecular weight excluding hydrogens is 318 g/mol. The first-order valence-corrected chi connectivity index (χ1v) is 9.05. The van der Waals surface area contributed by atoms with Crippen molar-refractivity contribution >= 4 is 29.2 Å². The number of hydrogen-bond acceptors (Lipinski definition) is 3. The van der Waals surface area contributed by atoms with Crippen molar-refractivity contribution < 1.29 is 4.79 Å². The van der Waals surface area contributed by atoms with E-state index in [0.29, 0.717) is 16.8 Å². The molecule has 0 saturated heterocycles. The van der Waals surface area contributed by atoms with Crippen LogP contribution in [0.5, 0.6) is 0 Å². The van der Waals surface area contributed by atoms with Crippen LogP contribution in [0.25, 0.3) is 4.85 Å². The van der Waals surface area contributed by atoms with Crippen molar-refractivity contribution in [2.24, 2.45) is 0 Å². The maximum atomic E-state index is 12.8. The Labute approximate surface area is 146 Å². The van der Waals surface area contributed by atoms with E-state index in [1.165, 1.54) is 12.8 Å². The second-order valence-electron chi connectivity index (χ2n) is 5.83. The van der Waals surface area contributed by atoms with Crippen LogP contribution >= 0.6 is 11.8 Å². The third kappa shape index (κ3) is 4.15. The Bertz CT molecular complexity index is 719. The molecule has 1 aliphatic rings. The topological polar surface area (TPSA) is 46.4 Å². The summed E-state index contributed by atoms with van der Waals surface area (Å²) >= 11 is 1.73. The van der Waals surface area contributed by atoms with Crippen LogP contribution in [-0.2, 0) is 4.79 Å². The summed E-state index contributed by atoms with van der Waals surface area (Å²) in [5.41, 5.74) is 1.53. The molecule has 0 spiro atoms. The Morgan fingerprint density at radius 2 is 1.96 bits per heavy atom. The number of carbonyl (C=O) groups excluding carboxylic acids is 1. The SMILES string of the molecule is [C-]#[N+]c1ccc(C(SC2CCCC2)C(=O)Nc2ccccn2)cc1. The van der Waals surface area contributed by atoms with Gasteiger partial charge in [-0.25, -0.2) is 9.83 Å². The lowest BCUT2D eigenvalue weighted by atomic mass is 10.1. The van der Waals surface area contributed by atoms with Gasteiger partial charge in [-0.05, 0) is 30.5 Å². The highest BCUT2D eigenvalue weighted by Gasteiger charge is 2.27. The summed E-state index contributed by atoms with van der Waals surface area (Å²) in [5, 5.41) is 3.15. The van der Waals surface area contributed by atoms with Crippen LogP contribution in [0.15, 0.2) is 48.7 Å². The van der Waals surface area contributed by atoms with Gasteiger partial charge in [0.25, 0.3) is 0 Å². The maximum Gasteiger partial charge on any atom is 0.243 e. The third-order valence-electron chi connectivity index (χ3n) is 4.11. The molecule has 4 nitrogen and oxygen atoms in total. The van der Waals surface area contributed by atoms with Crippen molar-refractivity contribution in [1.29, 1.82) is 0 Å². The fraction of sp³-hybridized carbons (Fsp3) is 0.316. The number of rotatable bonds is 5.